The summed E-state index contributed by atoms with van der Waals surface area (Å²) < 4.78 is 7.65. The molecule has 0 bridgehead atoms. The van der Waals surface area contributed by atoms with Crippen LogP contribution in [0.2, 0.25) is 0 Å². The summed E-state index contributed by atoms with van der Waals surface area (Å²) in [6, 6.07) is 6.12. The topological polar surface area (TPSA) is 51.5 Å². The molecule has 1 saturated carbocycles. The highest BCUT2D eigenvalue weighted by atomic mass is 16.5. The minimum atomic E-state index is -0.739. The van der Waals surface area contributed by atoms with E-state index in [4.69, 9.17) is 9.84 Å². The van der Waals surface area contributed by atoms with E-state index >= 15 is 0 Å². The summed E-state index contributed by atoms with van der Waals surface area (Å²) in [7, 11) is 3.66. The third-order valence-corrected chi connectivity index (χ3v) is 4.24. The monoisotopic (exact) mass is 273 g/mol. The van der Waals surface area contributed by atoms with Gasteiger partial charge >= 0.3 is 5.97 Å². The number of rotatable bonds is 5. The van der Waals surface area contributed by atoms with Gasteiger partial charge in [-0.15, -0.1) is 0 Å². The second-order valence-electron chi connectivity index (χ2n) is 5.59. The van der Waals surface area contributed by atoms with Crippen molar-refractivity contribution in [2.24, 2.45) is 13.0 Å². The summed E-state index contributed by atoms with van der Waals surface area (Å²) in [6.45, 7) is 0. The lowest BCUT2D eigenvalue weighted by atomic mass is 9.89. The van der Waals surface area contributed by atoms with Crippen molar-refractivity contribution in [1.29, 1.82) is 0 Å². The number of hydrogen-bond donors (Lipinski definition) is 1. The maximum atomic E-state index is 11.1. The number of aryl methyl sites for hydroxylation is 1. The minimum Gasteiger partial charge on any atom is -0.496 e. The number of hydrogen-bond acceptors (Lipinski definition) is 2. The van der Waals surface area contributed by atoms with Crippen LogP contribution in [0.5, 0.6) is 5.75 Å². The largest absolute Gasteiger partial charge is 0.496 e. The maximum absolute atomic E-state index is 11.1. The van der Waals surface area contributed by atoms with Crippen LogP contribution in [-0.4, -0.2) is 22.8 Å². The molecule has 1 atom stereocenters. The highest BCUT2D eigenvalue weighted by Crippen LogP contribution is 2.48. The van der Waals surface area contributed by atoms with Crippen LogP contribution in [-0.2, 0) is 11.8 Å². The number of carbonyl (C=O) groups is 1. The molecule has 1 fully saturated rings. The first-order chi connectivity index (χ1) is 9.61. The Bertz CT molecular complexity index is 655. The molecule has 1 aliphatic carbocycles. The van der Waals surface area contributed by atoms with Gasteiger partial charge in [-0.25, -0.2) is 0 Å². The summed E-state index contributed by atoms with van der Waals surface area (Å²) in [5.41, 5.74) is 2.14. The minimum absolute atomic E-state index is 0.0621. The highest BCUT2D eigenvalue weighted by molar-refractivity contribution is 5.88. The zero-order valence-electron chi connectivity index (χ0n) is 11.8. The zero-order valence-corrected chi connectivity index (χ0v) is 11.8. The number of carboxylic acids is 1. The number of nitrogens with zero attached hydrogens (tertiary/aromatic N) is 1. The fraction of sp³-hybridized carbons (Fsp3) is 0.438. The Morgan fingerprint density at radius 1 is 1.45 bits per heavy atom. The first kappa shape index (κ1) is 13.0. The highest BCUT2D eigenvalue weighted by Gasteiger charge is 2.35. The lowest BCUT2D eigenvalue weighted by molar-refractivity contribution is -0.137. The Kier molecular flexibility index (Phi) is 3.16. The second-order valence-corrected chi connectivity index (χ2v) is 5.59. The molecular weight excluding hydrogens is 254 g/mol. The van der Waals surface area contributed by atoms with E-state index in [2.05, 4.69) is 6.07 Å². The number of carboxylic acid groups (broad SMARTS) is 1. The van der Waals surface area contributed by atoms with Crippen LogP contribution in [0.1, 0.15) is 30.7 Å². The van der Waals surface area contributed by atoms with Gasteiger partial charge in [0.05, 0.1) is 19.0 Å². The molecule has 0 saturated heterocycles. The van der Waals surface area contributed by atoms with Crippen molar-refractivity contribution in [3.63, 3.8) is 0 Å². The van der Waals surface area contributed by atoms with E-state index in [0.29, 0.717) is 5.92 Å². The molecule has 4 nitrogen and oxygen atoms in total. The third-order valence-electron chi connectivity index (χ3n) is 4.24. The van der Waals surface area contributed by atoms with Crippen LogP contribution in [0.15, 0.2) is 24.4 Å². The van der Waals surface area contributed by atoms with Gasteiger partial charge in [0.1, 0.15) is 5.75 Å². The van der Waals surface area contributed by atoms with Crippen LogP contribution < -0.4 is 4.74 Å². The normalized spacial score (nSPS) is 16.3. The van der Waals surface area contributed by atoms with Gasteiger partial charge in [-0.1, -0.05) is 6.07 Å². The van der Waals surface area contributed by atoms with Crippen molar-refractivity contribution in [2.45, 2.75) is 25.2 Å². The molecule has 106 valence electrons. The first-order valence-electron chi connectivity index (χ1n) is 6.95. The van der Waals surface area contributed by atoms with Gasteiger partial charge in [-0.3, -0.25) is 4.79 Å². The number of methoxy groups -OCH3 is 1. The molecule has 0 spiro atoms. The number of fused-ring (bicyclic) bond motifs is 1. The Balaban J connectivity index is 2.11. The molecule has 4 heteroatoms. The first-order valence-corrected chi connectivity index (χ1v) is 6.95. The van der Waals surface area contributed by atoms with Crippen molar-refractivity contribution < 1.29 is 14.6 Å². The van der Waals surface area contributed by atoms with E-state index in [1.807, 2.05) is 29.9 Å². The smallest absolute Gasteiger partial charge is 0.303 e. The van der Waals surface area contributed by atoms with Crippen molar-refractivity contribution in [2.75, 3.05) is 7.11 Å². The SMILES string of the molecule is COc1c(C(CC(=O)O)C2CC2)ccc2c1ccn2C. The molecule has 1 heterocycles. The third kappa shape index (κ3) is 2.15. The van der Waals surface area contributed by atoms with Gasteiger partial charge in [0.2, 0.25) is 0 Å². The second kappa shape index (κ2) is 4.85. The lowest BCUT2D eigenvalue weighted by Gasteiger charge is -2.19. The van der Waals surface area contributed by atoms with Crippen molar-refractivity contribution >= 4 is 16.9 Å². The molecule has 1 aromatic heterocycles. The summed E-state index contributed by atoms with van der Waals surface area (Å²) in [5, 5.41) is 10.2. The molecule has 20 heavy (non-hydrogen) atoms. The van der Waals surface area contributed by atoms with Gasteiger partial charge in [0.15, 0.2) is 0 Å². The van der Waals surface area contributed by atoms with E-state index in [0.717, 1.165) is 35.1 Å². The Hall–Kier alpha value is -1.97. The van der Waals surface area contributed by atoms with Crippen LogP contribution in [0.3, 0.4) is 0 Å². The number of aromatic nitrogens is 1. The van der Waals surface area contributed by atoms with Crippen LogP contribution in [0, 0.1) is 5.92 Å². The average Bonchev–Trinajstić information content (AvgIpc) is 3.19. The molecule has 1 aromatic carbocycles. The van der Waals surface area contributed by atoms with Gasteiger partial charge in [-0.2, -0.15) is 0 Å². The molecule has 0 aliphatic heterocycles. The van der Waals surface area contributed by atoms with Crippen molar-refractivity contribution in [1.82, 2.24) is 4.57 Å². The number of ether oxygens (including phenoxy) is 1. The van der Waals surface area contributed by atoms with Crippen LogP contribution in [0.4, 0.5) is 0 Å². The van der Waals surface area contributed by atoms with Gasteiger partial charge in [-0.05, 0) is 36.5 Å². The predicted molar refractivity (Wildman–Crippen MR) is 77.2 cm³/mol. The standard InChI is InChI=1S/C16H19NO3/c1-17-8-7-12-14(17)6-5-11(16(12)20-2)13(9-15(18)19)10-3-4-10/h5-8,10,13H,3-4,9H2,1-2H3,(H,18,19). The van der Waals surface area contributed by atoms with E-state index < -0.39 is 5.97 Å². The number of aliphatic carboxylic acids is 1. The molecular formula is C16H19NO3. The molecule has 1 unspecified atom stereocenters. The molecule has 0 amide bonds. The predicted octanol–water partition coefficient (Wildman–Crippen LogP) is 3.16. The fourth-order valence-corrected chi connectivity index (χ4v) is 3.08. The number of benzene rings is 1. The van der Waals surface area contributed by atoms with Gasteiger partial charge < -0.3 is 14.4 Å². The summed E-state index contributed by atoms with van der Waals surface area (Å²) >= 11 is 0. The molecule has 0 radical (unpaired) electrons. The lowest BCUT2D eigenvalue weighted by Crippen LogP contribution is -2.10. The molecule has 2 aromatic rings. The van der Waals surface area contributed by atoms with Gasteiger partial charge in [0, 0.05) is 24.5 Å². The fourth-order valence-electron chi connectivity index (χ4n) is 3.08. The van der Waals surface area contributed by atoms with Gasteiger partial charge in [0.25, 0.3) is 0 Å². The van der Waals surface area contributed by atoms with Crippen molar-refractivity contribution in [3.8, 4) is 5.75 Å². The Morgan fingerprint density at radius 2 is 2.20 bits per heavy atom. The molecule has 3 rings (SSSR count). The van der Waals surface area contributed by atoms with E-state index in [1.165, 1.54) is 0 Å². The molecule has 1 N–H and O–H groups in total. The Labute approximate surface area is 118 Å². The van der Waals surface area contributed by atoms with Crippen molar-refractivity contribution in [3.05, 3.63) is 30.0 Å². The zero-order chi connectivity index (χ0) is 14.3. The summed E-state index contributed by atoms with van der Waals surface area (Å²) in [5.74, 6) is 0.645. The van der Waals surface area contributed by atoms with E-state index in [-0.39, 0.29) is 12.3 Å². The van der Waals surface area contributed by atoms with Crippen LogP contribution >= 0.6 is 0 Å². The average molecular weight is 273 g/mol. The Morgan fingerprint density at radius 3 is 2.80 bits per heavy atom. The van der Waals surface area contributed by atoms with Crippen LogP contribution in [0.25, 0.3) is 10.9 Å². The summed E-state index contributed by atoms with van der Waals surface area (Å²) in [4.78, 5) is 11.1. The summed E-state index contributed by atoms with van der Waals surface area (Å²) in [6.07, 6.45) is 4.42. The molecule has 1 aliphatic rings. The van der Waals surface area contributed by atoms with E-state index in [9.17, 15) is 4.79 Å². The van der Waals surface area contributed by atoms with E-state index in [1.54, 1.807) is 7.11 Å². The quantitative estimate of drug-likeness (QED) is 0.910. The maximum Gasteiger partial charge on any atom is 0.303 e.